The smallest absolute Gasteiger partial charge is 0.326 e. The maximum Gasteiger partial charge on any atom is 0.326 e. The average Bonchev–Trinajstić information content (AvgIpc) is 2.43. The molecule has 1 aromatic rings. The van der Waals surface area contributed by atoms with E-state index in [0.717, 1.165) is 0 Å². The first kappa shape index (κ1) is 14.6. The molecule has 0 spiro atoms. The van der Waals surface area contributed by atoms with Gasteiger partial charge in [-0.3, -0.25) is 9.59 Å². The number of ether oxygens (including phenoxy) is 1. The lowest BCUT2D eigenvalue weighted by Gasteiger charge is -2.13. The zero-order valence-corrected chi connectivity index (χ0v) is 10.2. The number of carbonyl (C=O) groups is 3. The summed E-state index contributed by atoms with van der Waals surface area (Å²) < 4.78 is 4.41. The molecule has 0 aromatic carbocycles. The number of aromatic nitrogens is 2. The molecule has 8 heteroatoms. The molecule has 1 aromatic heterocycles. The van der Waals surface area contributed by atoms with Crippen LogP contribution in [-0.4, -0.2) is 46.3 Å². The molecule has 0 fully saturated rings. The van der Waals surface area contributed by atoms with Crippen LogP contribution in [-0.2, 0) is 14.3 Å². The quantitative estimate of drug-likeness (QED) is 0.674. The Hall–Kier alpha value is -2.51. The first-order valence-corrected chi connectivity index (χ1v) is 5.41. The van der Waals surface area contributed by atoms with E-state index in [-0.39, 0.29) is 18.4 Å². The van der Waals surface area contributed by atoms with Crippen molar-refractivity contribution in [1.82, 2.24) is 15.5 Å². The number of methoxy groups -OCH3 is 1. The number of carboxylic acids is 1. The molecule has 0 saturated carbocycles. The van der Waals surface area contributed by atoms with Crippen LogP contribution in [0.1, 0.15) is 23.2 Å². The lowest BCUT2D eigenvalue weighted by Crippen LogP contribution is -2.41. The molecule has 0 aliphatic carbocycles. The van der Waals surface area contributed by atoms with Crippen LogP contribution >= 0.6 is 0 Å². The lowest BCUT2D eigenvalue weighted by molar-refractivity contribution is -0.142. The third kappa shape index (κ3) is 4.70. The highest BCUT2D eigenvalue weighted by Gasteiger charge is 2.21. The fraction of sp³-hybridized carbons (Fsp3) is 0.364. The molecule has 1 heterocycles. The molecule has 0 aliphatic heterocycles. The van der Waals surface area contributed by atoms with E-state index in [4.69, 9.17) is 5.11 Å². The summed E-state index contributed by atoms with van der Waals surface area (Å²) in [6.07, 6.45) is 2.39. The average molecular weight is 267 g/mol. The lowest BCUT2D eigenvalue weighted by atomic mass is 10.1. The molecular weight excluding hydrogens is 254 g/mol. The molecular formula is C11H13N3O5. The molecule has 19 heavy (non-hydrogen) atoms. The largest absolute Gasteiger partial charge is 0.480 e. The van der Waals surface area contributed by atoms with Gasteiger partial charge in [-0.15, -0.1) is 0 Å². The van der Waals surface area contributed by atoms with E-state index in [9.17, 15) is 14.4 Å². The molecule has 0 unspecified atom stereocenters. The monoisotopic (exact) mass is 267 g/mol. The number of carbonyl (C=O) groups excluding carboxylic acids is 2. The second-order valence-corrected chi connectivity index (χ2v) is 3.61. The van der Waals surface area contributed by atoms with Gasteiger partial charge in [0.05, 0.1) is 25.1 Å². The van der Waals surface area contributed by atoms with Crippen molar-refractivity contribution in [2.45, 2.75) is 18.9 Å². The van der Waals surface area contributed by atoms with Crippen LogP contribution in [0.25, 0.3) is 0 Å². The van der Waals surface area contributed by atoms with E-state index in [1.54, 1.807) is 0 Å². The van der Waals surface area contributed by atoms with Gasteiger partial charge >= 0.3 is 11.9 Å². The van der Waals surface area contributed by atoms with Crippen LogP contribution in [0, 0.1) is 0 Å². The zero-order valence-electron chi connectivity index (χ0n) is 10.2. The molecule has 8 nitrogen and oxygen atoms in total. The van der Waals surface area contributed by atoms with Crippen molar-refractivity contribution in [3.8, 4) is 0 Å². The van der Waals surface area contributed by atoms with Crippen molar-refractivity contribution in [2.75, 3.05) is 7.11 Å². The predicted octanol–water partition coefficient (Wildman–Crippen LogP) is -0.387. The normalized spacial score (nSPS) is 11.4. The van der Waals surface area contributed by atoms with Gasteiger partial charge in [-0.05, 0) is 12.5 Å². The van der Waals surface area contributed by atoms with Crippen molar-refractivity contribution in [3.63, 3.8) is 0 Å². The van der Waals surface area contributed by atoms with Crippen molar-refractivity contribution in [3.05, 3.63) is 24.0 Å². The van der Waals surface area contributed by atoms with E-state index in [0.29, 0.717) is 0 Å². The van der Waals surface area contributed by atoms with Gasteiger partial charge in [0.25, 0.3) is 5.91 Å². The van der Waals surface area contributed by atoms with E-state index < -0.39 is 23.9 Å². The number of amides is 1. The summed E-state index contributed by atoms with van der Waals surface area (Å²) in [7, 11) is 1.21. The topological polar surface area (TPSA) is 118 Å². The van der Waals surface area contributed by atoms with Crippen LogP contribution in [0.3, 0.4) is 0 Å². The Morgan fingerprint density at radius 3 is 2.68 bits per heavy atom. The predicted molar refractivity (Wildman–Crippen MR) is 62.2 cm³/mol. The first-order valence-electron chi connectivity index (χ1n) is 5.41. The Kier molecular flexibility index (Phi) is 5.39. The van der Waals surface area contributed by atoms with Gasteiger partial charge in [-0.2, -0.15) is 10.2 Å². The molecule has 0 bridgehead atoms. The Balaban J connectivity index is 2.61. The van der Waals surface area contributed by atoms with Crippen LogP contribution in [0.2, 0.25) is 0 Å². The maximum absolute atomic E-state index is 11.7. The highest BCUT2D eigenvalue weighted by Crippen LogP contribution is 2.02. The Bertz CT molecular complexity index is 463. The minimum absolute atomic E-state index is 0.0493. The second-order valence-electron chi connectivity index (χ2n) is 3.61. The third-order valence-electron chi connectivity index (χ3n) is 2.31. The second kappa shape index (κ2) is 7.04. The Morgan fingerprint density at radius 2 is 2.16 bits per heavy atom. The standard InChI is InChI=1S/C11H13N3O5/c1-19-9(15)3-2-8(11(17)18)14-10(16)7-4-5-12-13-6-7/h4-6,8H,2-3H2,1H3,(H,14,16)(H,17,18)/t8-/m1/s1. The minimum Gasteiger partial charge on any atom is -0.480 e. The van der Waals surface area contributed by atoms with Crippen molar-refractivity contribution in [1.29, 1.82) is 0 Å². The summed E-state index contributed by atoms with van der Waals surface area (Å²) in [6.45, 7) is 0. The third-order valence-corrected chi connectivity index (χ3v) is 2.31. The minimum atomic E-state index is -1.22. The number of nitrogens with zero attached hydrogens (tertiary/aromatic N) is 2. The highest BCUT2D eigenvalue weighted by atomic mass is 16.5. The fourth-order valence-corrected chi connectivity index (χ4v) is 1.29. The molecule has 2 N–H and O–H groups in total. The maximum atomic E-state index is 11.7. The van der Waals surface area contributed by atoms with E-state index >= 15 is 0 Å². The van der Waals surface area contributed by atoms with Gasteiger partial charge < -0.3 is 15.2 Å². The van der Waals surface area contributed by atoms with E-state index in [1.807, 2.05) is 0 Å². The van der Waals surface area contributed by atoms with Gasteiger partial charge in [0, 0.05) is 6.42 Å². The van der Waals surface area contributed by atoms with Gasteiger partial charge in [-0.1, -0.05) is 0 Å². The van der Waals surface area contributed by atoms with Crippen molar-refractivity contribution in [2.24, 2.45) is 0 Å². The summed E-state index contributed by atoms with van der Waals surface area (Å²) in [5.41, 5.74) is 0.194. The van der Waals surface area contributed by atoms with Crippen LogP contribution < -0.4 is 5.32 Å². The van der Waals surface area contributed by atoms with Crippen LogP contribution in [0.4, 0.5) is 0 Å². The number of esters is 1. The number of nitrogens with one attached hydrogen (secondary N) is 1. The molecule has 102 valence electrons. The van der Waals surface area contributed by atoms with Crippen molar-refractivity contribution < 1.29 is 24.2 Å². The van der Waals surface area contributed by atoms with Gasteiger partial charge in [0.2, 0.25) is 0 Å². The van der Waals surface area contributed by atoms with Crippen molar-refractivity contribution >= 4 is 17.8 Å². The summed E-state index contributed by atoms with van der Waals surface area (Å²) >= 11 is 0. The summed E-state index contributed by atoms with van der Waals surface area (Å²) in [5, 5.41) is 18.3. The number of aliphatic carboxylic acids is 1. The summed E-state index contributed by atoms with van der Waals surface area (Å²) in [4.78, 5) is 33.6. The fourth-order valence-electron chi connectivity index (χ4n) is 1.29. The SMILES string of the molecule is COC(=O)CC[C@@H](NC(=O)c1ccnnc1)C(=O)O. The first-order chi connectivity index (χ1) is 9.04. The summed E-state index contributed by atoms with van der Waals surface area (Å²) in [6, 6.07) is 0.237. The number of rotatable bonds is 6. The number of hydrogen-bond donors (Lipinski definition) is 2. The molecule has 1 atom stereocenters. The van der Waals surface area contributed by atoms with Crippen LogP contribution in [0.5, 0.6) is 0 Å². The summed E-state index contributed by atoms with van der Waals surface area (Å²) in [5.74, 6) is -2.35. The number of carboxylic acid groups (broad SMARTS) is 1. The Morgan fingerprint density at radius 1 is 1.42 bits per heavy atom. The molecule has 1 amide bonds. The Labute approximate surface area is 108 Å². The number of hydrogen-bond acceptors (Lipinski definition) is 6. The molecule has 0 radical (unpaired) electrons. The highest BCUT2D eigenvalue weighted by molar-refractivity contribution is 5.96. The van der Waals surface area contributed by atoms with Gasteiger partial charge in [0.15, 0.2) is 0 Å². The molecule has 0 saturated heterocycles. The van der Waals surface area contributed by atoms with E-state index in [1.165, 1.54) is 25.6 Å². The van der Waals surface area contributed by atoms with Gasteiger partial charge in [0.1, 0.15) is 6.04 Å². The van der Waals surface area contributed by atoms with E-state index in [2.05, 4.69) is 20.3 Å². The molecule has 0 aliphatic rings. The zero-order chi connectivity index (χ0) is 14.3. The molecule has 1 rings (SSSR count). The van der Waals surface area contributed by atoms with Gasteiger partial charge in [-0.25, -0.2) is 4.79 Å². The van der Waals surface area contributed by atoms with Crippen LogP contribution in [0.15, 0.2) is 18.5 Å².